The molecule has 0 atom stereocenters. The molecule has 0 fully saturated rings. The monoisotopic (exact) mass is 310 g/mol. The summed E-state index contributed by atoms with van der Waals surface area (Å²) in [5, 5.41) is 12.0. The zero-order valence-corrected chi connectivity index (χ0v) is 11.5. The van der Waals surface area contributed by atoms with Crippen LogP contribution in [-0.4, -0.2) is 25.3 Å². The quantitative estimate of drug-likeness (QED) is 0.808. The van der Waals surface area contributed by atoms with E-state index in [1.807, 2.05) is 0 Å². The fourth-order valence-electron chi connectivity index (χ4n) is 1.52. The summed E-state index contributed by atoms with van der Waals surface area (Å²) < 4.78 is 44.8. The lowest BCUT2D eigenvalue weighted by Crippen LogP contribution is -2.24. The van der Waals surface area contributed by atoms with Crippen molar-refractivity contribution in [1.29, 1.82) is 0 Å². The molecule has 0 aliphatic rings. The second kappa shape index (κ2) is 6.49. The van der Waals surface area contributed by atoms with Gasteiger partial charge in [-0.2, -0.15) is 0 Å². The molecule has 2 N–H and O–H groups in total. The predicted molar refractivity (Wildman–Crippen MR) is 70.9 cm³/mol. The maximum Gasteiger partial charge on any atom is 0.243 e. The molecule has 1 aromatic carbocycles. The summed E-state index contributed by atoms with van der Waals surface area (Å²) >= 11 is 0. The van der Waals surface area contributed by atoms with Crippen LogP contribution in [0.15, 0.2) is 39.9 Å². The van der Waals surface area contributed by atoms with Crippen molar-refractivity contribution in [3.63, 3.8) is 0 Å². The molecule has 0 spiro atoms. The van der Waals surface area contributed by atoms with Crippen molar-refractivity contribution < 1.29 is 22.4 Å². The Morgan fingerprint density at radius 3 is 2.81 bits per heavy atom. The van der Waals surface area contributed by atoms with Crippen LogP contribution in [-0.2, 0) is 16.6 Å². The normalized spacial score (nSPS) is 11.0. The fraction of sp³-hybridized carbons (Fsp3) is 0.154. The lowest BCUT2D eigenvalue weighted by Gasteiger charge is -2.06. The van der Waals surface area contributed by atoms with Gasteiger partial charge in [-0.3, -0.25) is 0 Å². The Kier molecular flexibility index (Phi) is 4.70. The van der Waals surface area contributed by atoms with E-state index in [1.54, 1.807) is 0 Å². The van der Waals surface area contributed by atoms with Crippen LogP contribution >= 0.6 is 0 Å². The van der Waals surface area contributed by atoms with Gasteiger partial charge in [-0.25, -0.2) is 17.5 Å². The first-order chi connectivity index (χ1) is 10.0. The summed E-state index contributed by atoms with van der Waals surface area (Å²) in [6.07, 6.45) is 1.37. The number of hydrogen-bond acceptors (Lipinski definition) is 5. The van der Waals surface area contributed by atoms with Crippen LogP contribution in [0, 0.1) is 17.7 Å². The lowest BCUT2D eigenvalue weighted by atomic mass is 10.2. The van der Waals surface area contributed by atoms with Crippen LogP contribution in [0.4, 0.5) is 4.39 Å². The van der Waals surface area contributed by atoms with Crippen molar-refractivity contribution in [1.82, 2.24) is 9.88 Å². The molecule has 0 saturated carbocycles. The third kappa shape index (κ3) is 3.88. The third-order valence-corrected chi connectivity index (χ3v) is 3.90. The lowest BCUT2D eigenvalue weighted by molar-refractivity contribution is 0.350. The van der Waals surface area contributed by atoms with Gasteiger partial charge in [0, 0.05) is 11.6 Å². The number of nitrogens with zero attached hydrogens (tertiary/aromatic N) is 1. The van der Waals surface area contributed by atoms with Crippen LogP contribution in [0.1, 0.15) is 11.3 Å². The highest BCUT2D eigenvalue weighted by Gasteiger charge is 2.19. The van der Waals surface area contributed by atoms with Crippen LogP contribution in [0.3, 0.4) is 0 Å². The number of nitrogens with one attached hydrogen (secondary N) is 1. The first-order valence-corrected chi connectivity index (χ1v) is 7.30. The maximum atomic E-state index is 13.9. The largest absolute Gasteiger partial charge is 0.384 e. The van der Waals surface area contributed by atoms with Crippen molar-refractivity contribution in [2.45, 2.75) is 11.4 Å². The topological polar surface area (TPSA) is 92.4 Å². The highest BCUT2D eigenvalue weighted by molar-refractivity contribution is 7.89. The average molecular weight is 310 g/mol. The first-order valence-electron chi connectivity index (χ1n) is 5.81. The standard InChI is InChI=1S/C13H11FN2O4S/c14-12-8-10(2-1-7-17)3-4-13(12)21(18,19)16-9-11-5-6-15-20-11/h3-6,8,16-17H,7,9H2. The van der Waals surface area contributed by atoms with Gasteiger partial charge in [0.1, 0.15) is 17.3 Å². The Morgan fingerprint density at radius 1 is 1.38 bits per heavy atom. The van der Waals surface area contributed by atoms with Crippen LogP contribution in [0.2, 0.25) is 0 Å². The minimum Gasteiger partial charge on any atom is -0.384 e. The minimum atomic E-state index is -4.01. The van der Waals surface area contributed by atoms with Crippen LogP contribution in [0.25, 0.3) is 0 Å². The van der Waals surface area contributed by atoms with Gasteiger partial charge < -0.3 is 9.63 Å². The minimum absolute atomic E-state index is 0.131. The second-order valence-corrected chi connectivity index (χ2v) is 5.64. The molecule has 1 aromatic heterocycles. The Hall–Kier alpha value is -2.21. The van der Waals surface area contributed by atoms with Crippen molar-refractivity contribution >= 4 is 10.0 Å². The van der Waals surface area contributed by atoms with Crippen molar-refractivity contribution in [3.05, 3.63) is 47.6 Å². The van der Waals surface area contributed by atoms with E-state index >= 15 is 0 Å². The Bertz CT molecular complexity index is 776. The van der Waals surface area contributed by atoms with Gasteiger partial charge in [0.25, 0.3) is 0 Å². The van der Waals surface area contributed by atoms with E-state index in [1.165, 1.54) is 18.3 Å². The molecular weight excluding hydrogens is 299 g/mol. The van der Waals surface area contributed by atoms with Gasteiger partial charge in [0.2, 0.25) is 10.0 Å². The molecule has 6 nitrogen and oxygen atoms in total. The molecule has 0 saturated heterocycles. The van der Waals surface area contributed by atoms with Gasteiger partial charge in [-0.1, -0.05) is 17.0 Å². The number of aliphatic hydroxyl groups is 1. The third-order valence-electron chi connectivity index (χ3n) is 2.46. The van der Waals surface area contributed by atoms with Crippen LogP contribution in [0.5, 0.6) is 0 Å². The molecule has 8 heteroatoms. The fourth-order valence-corrected chi connectivity index (χ4v) is 2.57. The van der Waals surface area contributed by atoms with Crippen molar-refractivity contribution in [3.8, 4) is 11.8 Å². The number of aromatic nitrogens is 1. The van der Waals surface area contributed by atoms with E-state index in [0.29, 0.717) is 5.76 Å². The second-order valence-electron chi connectivity index (χ2n) is 3.91. The van der Waals surface area contributed by atoms with Gasteiger partial charge in [0.15, 0.2) is 5.76 Å². The zero-order valence-electron chi connectivity index (χ0n) is 10.7. The Balaban J connectivity index is 2.19. The highest BCUT2D eigenvalue weighted by atomic mass is 32.2. The van der Waals surface area contributed by atoms with Gasteiger partial charge in [-0.05, 0) is 18.2 Å². The van der Waals surface area contributed by atoms with E-state index in [-0.39, 0.29) is 18.7 Å². The number of halogens is 1. The molecular formula is C13H11FN2O4S. The van der Waals surface area contributed by atoms with Crippen LogP contribution < -0.4 is 4.72 Å². The Labute approximate surface area is 120 Å². The first kappa shape index (κ1) is 15.2. The number of rotatable bonds is 4. The van der Waals surface area contributed by atoms with E-state index in [4.69, 9.17) is 9.63 Å². The summed E-state index contributed by atoms with van der Waals surface area (Å²) in [6, 6.07) is 4.95. The summed E-state index contributed by atoms with van der Waals surface area (Å²) in [6.45, 7) is -0.492. The molecule has 110 valence electrons. The molecule has 0 unspecified atom stereocenters. The number of hydrogen-bond donors (Lipinski definition) is 2. The van der Waals surface area contributed by atoms with Gasteiger partial charge in [0.05, 0.1) is 12.7 Å². The highest BCUT2D eigenvalue weighted by Crippen LogP contribution is 2.16. The summed E-state index contributed by atoms with van der Waals surface area (Å²) in [4.78, 5) is -0.489. The maximum absolute atomic E-state index is 13.9. The molecule has 0 amide bonds. The van der Waals surface area contributed by atoms with Crippen molar-refractivity contribution in [2.24, 2.45) is 0 Å². The SMILES string of the molecule is O=S(=O)(NCc1ccno1)c1ccc(C#CCO)cc1F. The number of benzene rings is 1. The number of aliphatic hydroxyl groups excluding tert-OH is 1. The zero-order chi connectivity index (χ0) is 15.3. The molecule has 2 rings (SSSR count). The smallest absolute Gasteiger partial charge is 0.243 e. The molecule has 2 aromatic rings. The van der Waals surface area contributed by atoms with E-state index in [2.05, 4.69) is 21.7 Å². The molecule has 0 radical (unpaired) electrons. The predicted octanol–water partition coefficient (Wildman–Crippen LogP) is 0.636. The molecule has 0 aliphatic carbocycles. The van der Waals surface area contributed by atoms with E-state index in [0.717, 1.165) is 12.1 Å². The summed E-state index contributed by atoms with van der Waals surface area (Å²) in [7, 11) is -4.01. The summed E-state index contributed by atoms with van der Waals surface area (Å²) in [5.74, 6) is 4.22. The van der Waals surface area contributed by atoms with E-state index in [9.17, 15) is 12.8 Å². The van der Waals surface area contributed by atoms with Gasteiger partial charge >= 0.3 is 0 Å². The van der Waals surface area contributed by atoms with Crippen molar-refractivity contribution in [2.75, 3.05) is 6.61 Å². The average Bonchev–Trinajstić information content (AvgIpc) is 2.96. The molecule has 21 heavy (non-hydrogen) atoms. The van der Waals surface area contributed by atoms with E-state index < -0.39 is 20.7 Å². The molecule has 0 aliphatic heterocycles. The molecule has 1 heterocycles. The molecule has 0 bridgehead atoms. The Morgan fingerprint density at radius 2 is 2.19 bits per heavy atom. The summed E-state index contributed by atoms with van der Waals surface area (Å²) in [5.41, 5.74) is 0.274. The van der Waals surface area contributed by atoms with Gasteiger partial charge in [-0.15, -0.1) is 0 Å². The number of sulfonamides is 1.